The summed E-state index contributed by atoms with van der Waals surface area (Å²) in [6.45, 7) is 2.16. The van der Waals surface area contributed by atoms with Crippen molar-refractivity contribution in [2.75, 3.05) is 19.6 Å². The fraction of sp³-hybridized carbons (Fsp3) is 0.364. The Hall–Kier alpha value is -1.82. The van der Waals surface area contributed by atoms with Crippen molar-refractivity contribution in [1.82, 2.24) is 15.2 Å². The maximum atomic E-state index is 10.5. The first-order valence-electron chi connectivity index (χ1n) is 5.59. The number of aromatic nitrogens is 1. The van der Waals surface area contributed by atoms with Crippen LogP contribution >= 0.6 is 11.6 Å². The van der Waals surface area contributed by atoms with Crippen molar-refractivity contribution in [3.63, 3.8) is 0 Å². The molecule has 18 heavy (non-hydrogen) atoms. The van der Waals surface area contributed by atoms with E-state index in [1.807, 2.05) is 4.90 Å². The van der Waals surface area contributed by atoms with E-state index in [1.54, 1.807) is 18.5 Å². The lowest BCUT2D eigenvalue weighted by molar-refractivity contribution is -0.404. The molecule has 1 aromatic rings. The Morgan fingerprint density at radius 1 is 1.67 bits per heavy atom. The van der Waals surface area contributed by atoms with Crippen molar-refractivity contribution in [3.05, 3.63) is 51.2 Å². The summed E-state index contributed by atoms with van der Waals surface area (Å²) in [5.74, 6) is 0.556. The molecule has 0 atom stereocenters. The van der Waals surface area contributed by atoms with Crippen molar-refractivity contribution in [3.8, 4) is 0 Å². The Morgan fingerprint density at radius 3 is 3.22 bits per heavy atom. The third-order valence-corrected chi connectivity index (χ3v) is 3.12. The van der Waals surface area contributed by atoms with Crippen molar-refractivity contribution in [1.29, 1.82) is 0 Å². The zero-order valence-corrected chi connectivity index (χ0v) is 10.4. The predicted molar refractivity (Wildman–Crippen MR) is 67.6 cm³/mol. The van der Waals surface area contributed by atoms with Gasteiger partial charge in [-0.05, 0) is 18.1 Å². The van der Waals surface area contributed by atoms with Gasteiger partial charge in [0.1, 0.15) is 0 Å². The van der Waals surface area contributed by atoms with Crippen LogP contribution in [0.2, 0.25) is 5.02 Å². The van der Waals surface area contributed by atoms with E-state index in [2.05, 4.69) is 10.3 Å². The SMILES string of the molecule is O=[N+]([O-])/C=C1/NCCN1CCc1cnccc1Cl. The van der Waals surface area contributed by atoms with E-state index >= 15 is 0 Å². The van der Waals surface area contributed by atoms with E-state index in [0.717, 1.165) is 24.9 Å². The van der Waals surface area contributed by atoms with Gasteiger partial charge in [-0.15, -0.1) is 0 Å². The van der Waals surface area contributed by atoms with Crippen LogP contribution in [0.4, 0.5) is 0 Å². The van der Waals surface area contributed by atoms with Gasteiger partial charge in [-0.25, -0.2) is 0 Å². The highest BCUT2D eigenvalue weighted by molar-refractivity contribution is 6.31. The highest BCUT2D eigenvalue weighted by Crippen LogP contribution is 2.16. The highest BCUT2D eigenvalue weighted by atomic mass is 35.5. The van der Waals surface area contributed by atoms with Gasteiger partial charge in [-0.2, -0.15) is 0 Å². The molecule has 0 amide bonds. The fourth-order valence-electron chi connectivity index (χ4n) is 1.86. The predicted octanol–water partition coefficient (Wildman–Crippen LogP) is 1.26. The number of hydrogen-bond donors (Lipinski definition) is 1. The summed E-state index contributed by atoms with van der Waals surface area (Å²) < 4.78 is 0. The first-order valence-corrected chi connectivity index (χ1v) is 5.97. The van der Waals surface area contributed by atoms with Crippen LogP contribution in [-0.2, 0) is 6.42 Å². The summed E-state index contributed by atoms with van der Waals surface area (Å²) in [5, 5.41) is 14.1. The van der Waals surface area contributed by atoms with Crippen LogP contribution in [0.1, 0.15) is 5.56 Å². The van der Waals surface area contributed by atoms with Gasteiger partial charge in [0, 0.05) is 37.1 Å². The number of halogens is 1. The quantitative estimate of drug-likeness (QED) is 0.657. The van der Waals surface area contributed by atoms with Gasteiger partial charge in [-0.1, -0.05) is 11.6 Å². The normalized spacial score (nSPS) is 16.9. The smallest absolute Gasteiger partial charge is 0.274 e. The monoisotopic (exact) mass is 268 g/mol. The average Bonchev–Trinajstić information content (AvgIpc) is 2.75. The summed E-state index contributed by atoms with van der Waals surface area (Å²) in [5.41, 5.74) is 0.950. The summed E-state index contributed by atoms with van der Waals surface area (Å²) in [7, 11) is 0. The molecule has 2 rings (SSSR count). The molecule has 0 spiro atoms. The first-order chi connectivity index (χ1) is 8.66. The van der Waals surface area contributed by atoms with E-state index in [4.69, 9.17) is 11.6 Å². The third kappa shape index (κ3) is 3.10. The molecular formula is C11H13ClN4O2. The number of nitrogens with zero attached hydrogens (tertiary/aromatic N) is 3. The minimum absolute atomic E-state index is 0.447. The number of rotatable bonds is 4. The molecule has 0 bridgehead atoms. The van der Waals surface area contributed by atoms with E-state index in [0.29, 0.717) is 23.8 Å². The molecule has 6 nitrogen and oxygen atoms in total. The number of nitrogens with one attached hydrogen (secondary N) is 1. The molecule has 2 heterocycles. The van der Waals surface area contributed by atoms with Crippen LogP contribution in [0.3, 0.4) is 0 Å². The van der Waals surface area contributed by atoms with Crippen LogP contribution < -0.4 is 5.32 Å². The average molecular weight is 269 g/mol. The zero-order chi connectivity index (χ0) is 13.0. The molecule has 1 fully saturated rings. The Morgan fingerprint density at radius 2 is 2.50 bits per heavy atom. The number of hydrogen-bond acceptors (Lipinski definition) is 5. The first kappa shape index (κ1) is 12.6. The van der Waals surface area contributed by atoms with Crippen LogP contribution in [0.5, 0.6) is 0 Å². The van der Waals surface area contributed by atoms with E-state index in [9.17, 15) is 10.1 Å². The van der Waals surface area contributed by atoms with Crippen molar-refractivity contribution < 1.29 is 4.92 Å². The van der Waals surface area contributed by atoms with Gasteiger partial charge in [0.25, 0.3) is 6.20 Å². The minimum Gasteiger partial charge on any atom is -0.365 e. The summed E-state index contributed by atoms with van der Waals surface area (Å²) >= 11 is 6.03. The third-order valence-electron chi connectivity index (χ3n) is 2.75. The molecule has 0 radical (unpaired) electrons. The Bertz CT molecular complexity index is 478. The molecule has 0 aromatic carbocycles. The molecular weight excluding hydrogens is 256 g/mol. The maximum Gasteiger partial charge on any atom is 0.274 e. The van der Waals surface area contributed by atoms with Crippen LogP contribution in [0.15, 0.2) is 30.5 Å². The Kier molecular flexibility index (Phi) is 3.99. The molecule has 1 saturated heterocycles. The molecule has 96 valence electrons. The van der Waals surface area contributed by atoms with Gasteiger partial charge in [0.15, 0.2) is 5.82 Å². The standard InChI is InChI=1S/C11H13ClN4O2/c12-10-1-3-13-7-9(10)2-5-15-6-4-14-11(15)8-16(17)18/h1,3,7-8,14H,2,4-6H2/b11-8-. The van der Waals surface area contributed by atoms with Crippen LogP contribution in [-0.4, -0.2) is 34.4 Å². The Balaban J connectivity index is 1.98. The molecule has 0 aliphatic carbocycles. The molecule has 1 N–H and O–H groups in total. The van der Waals surface area contributed by atoms with Crippen molar-refractivity contribution in [2.24, 2.45) is 0 Å². The van der Waals surface area contributed by atoms with Gasteiger partial charge in [0.05, 0.1) is 4.92 Å². The summed E-state index contributed by atoms with van der Waals surface area (Å²) in [4.78, 5) is 16.0. The molecule has 0 saturated carbocycles. The fourth-order valence-corrected chi connectivity index (χ4v) is 2.06. The van der Waals surface area contributed by atoms with E-state index in [-0.39, 0.29) is 0 Å². The molecule has 0 unspecified atom stereocenters. The van der Waals surface area contributed by atoms with E-state index < -0.39 is 4.92 Å². The lowest BCUT2D eigenvalue weighted by Gasteiger charge is -2.17. The lowest BCUT2D eigenvalue weighted by atomic mass is 10.2. The lowest BCUT2D eigenvalue weighted by Crippen LogP contribution is -2.23. The molecule has 1 aliphatic heterocycles. The molecule has 1 aromatic heterocycles. The van der Waals surface area contributed by atoms with Gasteiger partial charge >= 0.3 is 0 Å². The van der Waals surface area contributed by atoms with Gasteiger partial charge in [-0.3, -0.25) is 15.1 Å². The number of nitro groups is 1. The number of pyridine rings is 1. The second-order valence-electron chi connectivity index (χ2n) is 3.93. The summed E-state index contributed by atoms with van der Waals surface area (Å²) in [6, 6.07) is 1.74. The maximum absolute atomic E-state index is 10.5. The van der Waals surface area contributed by atoms with Gasteiger partial charge < -0.3 is 10.2 Å². The van der Waals surface area contributed by atoms with E-state index in [1.165, 1.54) is 0 Å². The molecule has 7 heteroatoms. The zero-order valence-electron chi connectivity index (χ0n) is 9.67. The van der Waals surface area contributed by atoms with Crippen LogP contribution in [0, 0.1) is 10.1 Å². The largest absolute Gasteiger partial charge is 0.365 e. The van der Waals surface area contributed by atoms with Crippen LogP contribution in [0.25, 0.3) is 0 Å². The van der Waals surface area contributed by atoms with Crippen molar-refractivity contribution in [2.45, 2.75) is 6.42 Å². The topological polar surface area (TPSA) is 71.3 Å². The van der Waals surface area contributed by atoms with Crippen molar-refractivity contribution >= 4 is 11.6 Å². The molecule has 1 aliphatic rings. The second kappa shape index (κ2) is 5.68. The van der Waals surface area contributed by atoms with Gasteiger partial charge in [0.2, 0.25) is 0 Å². The Labute approximate surface area is 109 Å². The minimum atomic E-state index is -0.447. The second-order valence-corrected chi connectivity index (χ2v) is 4.34. The summed E-state index contributed by atoms with van der Waals surface area (Å²) in [6.07, 6.45) is 5.07. The highest BCUT2D eigenvalue weighted by Gasteiger charge is 2.19.